The summed E-state index contributed by atoms with van der Waals surface area (Å²) in [5.74, 6) is 4.50. The van der Waals surface area contributed by atoms with Crippen LogP contribution in [0.15, 0.2) is 11.6 Å². The Morgan fingerprint density at radius 2 is 1.73 bits per heavy atom. The number of likely N-dealkylation sites (N-methyl/N-ethyl adjacent to an activating group) is 1. The van der Waals surface area contributed by atoms with Crippen LogP contribution < -0.4 is 0 Å². The Morgan fingerprint density at radius 1 is 1.02 bits per heavy atom. The Bertz CT molecular complexity index is 1040. The predicted molar refractivity (Wildman–Crippen MR) is 174 cm³/mol. The highest BCUT2D eigenvalue weighted by atomic mass is 31.2. The summed E-state index contributed by atoms with van der Waals surface area (Å²) in [6.07, 6.45) is 15.9. The van der Waals surface area contributed by atoms with Crippen LogP contribution in [0.2, 0.25) is 0 Å². The summed E-state index contributed by atoms with van der Waals surface area (Å²) in [4.78, 5) is 22.5. The van der Waals surface area contributed by atoms with E-state index in [4.69, 9.17) is 13.8 Å². The zero-order chi connectivity index (χ0) is 31.6. The molecule has 4 aliphatic carbocycles. The average Bonchev–Trinajstić information content (AvgIpc) is 3.25. The van der Waals surface area contributed by atoms with Gasteiger partial charge < -0.3 is 19.6 Å². The first-order valence-electron chi connectivity index (χ1n) is 17.4. The molecule has 4 unspecified atom stereocenters. The lowest BCUT2D eigenvalue weighted by Crippen LogP contribution is -2.51. The van der Waals surface area contributed by atoms with Gasteiger partial charge in [0.2, 0.25) is 0 Å². The van der Waals surface area contributed by atoms with Gasteiger partial charge in [-0.2, -0.15) is 0 Å². The van der Waals surface area contributed by atoms with Gasteiger partial charge >= 0.3 is 13.8 Å². The fraction of sp³-hybridized carbons (Fsp3) is 0.914. The summed E-state index contributed by atoms with van der Waals surface area (Å²) in [5.41, 5.74) is 2.20. The third kappa shape index (κ3) is 8.98. The van der Waals surface area contributed by atoms with Crippen molar-refractivity contribution in [1.82, 2.24) is 0 Å². The van der Waals surface area contributed by atoms with Crippen molar-refractivity contribution in [3.05, 3.63) is 11.6 Å². The summed E-state index contributed by atoms with van der Waals surface area (Å²) in [6, 6.07) is 0. The fourth-order valence-electron chi connectivity index (χ4n) is 9.71. The number of carbonyl (C=O) groups is 1. The maximum absolute atomic E-state index is 12.6. The number of rotatable bonds is 14. The molecule has 0 amide bonds. The standard InChI is InChI=1S/C35H62NO6P.H2O/c1-25(2)10-9-11-26(3)30-14-15-31-29-13-12-27-24-28(16-19-34(27,4)32(29)17-20-35(30,31)5)42-33(37)18-22-40-43(38,39)41-23-21-36(6,7)8;/h12,25-26,28-32H,9-11,13-24H2,1-8H3;1H2/t26-,28+,29?,30-,31?,32?,34+,35-;/m1./s1. The Morgan fingerprint density at radius 3 is 2.41 bits per heavy atom. The Labute approximate surface area is 268 Å². The molecule has 3 fully saturated rings. The predicted octanol–water partition coefficient (Wildman–Crippen LogP) is 7.99. The molecule has 4 aliphatic rings. The smallest absolute Gasteiger partial charge is 0.472 e. The van der Waals surface area contributed by atoms with E-state index in [1.54, 1.807) is 0 Å². The number of hydrogen-bond donors (Lipinski definition) is 1. The van der Waals surface area contributed by atoms with Gasteiger partial charge in [-0.25, -0.2) is 4.57 Å². The number of nitrogens with zero attached hydrogens (tertiary/aromatic N) is 1. The lowest BCUT2D eigenvalue weighted by molar-refractivity contribution is -0.870. The Kier molecular flexibility index (Phi) is 12.8. The van der Waals surface area contributed by atoms with E-state index < -0.39 is 7.82 Å². The van der Waals surface area contributed by atoms with Crippen LogP contribution >= 0.6 is 7.82 Å². The van der Waals surface area contributed by atoms with E-state index >= 15 is 0 Å². The van der Waals surface area contributed by atoms with Gasteiger partial charge in [0, 0.05) is 6.42 Å². The molecule has 0 bridgehead atoms. The lowest BCUT2D eigenvalue weighted by Gasteiger charge is -2.58. The van der Waals surface area contributed by atoms with E-state index in [2.05, 4.69) is 40.7 Å². The maximum atomic E-state index is 12.6. The molecule has 44 heavy (non-hydrogen) atoms. The summed E-state index contributed by atoms with van der Waals surface area (Å²) in [7, 11) is 1.75. The van der Waals surface area contributed by atoms with Crippen LogP contribution in [0.25, 0.3) is 0 Å². The van der Waals surface area contributed by atoms with E-state index in [9.17, 15) is 14.3 Å². The molecular weight excluding hydrogens is 577 g/mol. The van der Waals surface area contributed by atoms with Crippen LogP contribution in [-0.2, 0) is 23.1 Å². The average molecular weight is 642 g/mol. The molecule has 8 nitrogen and oxygen atoms in total. The number of allylic oxidation sites excluding steroid dienone is 1. The SMILES string of the molecule is CC(C)CCC[C@@H](C)[C@H]1CCC2C3CC=C4C[C@@H](OC(=O)CCOP(=O)(O)OCC[N+](C)(C)C)CC[C@]4(C)C3CC[C@@]21C.[OH-]. The van der Waals surface area contributed by atoms with Crippen LogP contribution in [0.4, 0.5) is 0 Å². The molecule has 0 saturated heterocycles. The van der Waals surface area contributed by atoms with Crippen molar-refractivity contribution in [1.29, 1.82) is 0 Å². The number of quaternary nitrogens is 1. The number of esters is 1. The highest BCUT2D eigenvalue weighted by Crippen LogP contribution is 2.67. The second kappa shape index (κ2) is 15.0. The highest BCUT2D eigenvalue weighted by Gasteiger charge is 2.59. The molecule has 0 spiro atoms. The largest absolute Gasteiger partial charge is 0.870 e. The van der Waals surface area contributed by atoms with Crippen LogP contribution in [0, 0.1) is 46.3 Å². The van der Waals surface area contributed by atoms with Crippen molar-refractivity contribution in [2.75, 3.05) is 40.9 Å². The lowest BCUT2D eigenvalue weighted by atomic mass is 9.47. The number of ether oxygens (including phenoxy) is 1. The number of phosphoric acid groups is 1. The van der Waals surface area contributed by atoms with Crippen molar-refractivity contribution in [3.63, 3.8) is 0 Å². The van der Waals surface area contributed by atoms with Gasteiger partial charge in [0.05, 0.1) is 34.2 Å². The van der Waals surface area contributed by atoms with Crippen LogP contribution in [-0.4, -0.2) is 67.8 Å². The zero-order valence-electron chi connectivity index (χ0n) is 29.1. The third-order valence-electron chi connectivity index (χ3n) is 12.1. The quantitative estimate of drug-likeness (QED) is 0.0885. The summed E-state index contributed by atoms with van der Waals surface area (Å²) in [6.45, 7) is 12.9. The van der Waals surface area contributed by atoms with Gasteiger partial charge in [-0.3, -0.25) is 13.8 Å². The van der Waals surface area contributed by atoms with E-state index in [1.807, 2.05) is 21.1 Å². The van der Waals surface area contributed by atoms with E-state index in [1.165, 1.54) is 56.9 Å². The molecule has 0 heterocycles. The number of fused-ring (bicyclic) bond motifs is 5. The Balaban J connectivity index is 0.00000529. The fourth-order valence-corrected chi connectivity index (χ4v) is 10.4. The molecule has 9 heteroatoms. The van der Waals surface area contributed by atoms with Crippen molar-refractivity contribution in [3.8, 4) is 0 Å². The minimum absolute atomic E-state index is 0. The van der Waals surface area contributed by atoms with Gasteiger partial charge in [0.15, 0.2) is 0 Å². The van der Waals surface area contributed by atoms with Gasteiger partial charge in [0.1, 0.15) is 19.3 Å². The normalized spacial score (nSPS) is 35.4. The first-order valence-corrected chi connectivity index (χ1v) is 18.8. The van der Waals surface area contributed by atoms with Crippen LogP contribution in [0.3, 0.4) is 0 Å². The minimum atomic E-state index is -4.18. The monoisotopic (exact) mass is 641 g/mol. The van der Waals surface area contributed by atoms with Gasteiger partial charge in [-0.1, -0.05) is 65.5 Å². The Hall–Kier alpha value is -0.760. The maximum Gasteiger partial charge on any atom is 0.472 e. The van der Waals surface area contributed by atoms with Crippen molar-refractivity contribution in [2.24, 2.45) is 46.3 Å². The second-order valence-electron chi connectivity index (χ2n) is 16.5. The zero-order valence-corrected chi connectivity index (χ0v) is 29.9. The summed E-state index contributed by atoms with van der Waals surface area (Å²) < 4.78 is 28.7. The van der Waals surface area contributed by atoms with E-state index in [0.29, 0.717) is 16.4 Å². The van der Waals surface area contributed by atoms with E-state index in [-0.39, 0.29) is 42.6 Å². The van der Waals surface area contributed by atoms with Crippen molar-refractivity contribution in [2.45, 2.75) is 118 Å². The van der Waals surface area contributed by atoms with Crippen LogP contribution in [0.5, 0.6) is 0 Å². The minimum Gasteiger partial charge on any atom is -0.870 e. The van der Waals surface area contributed by atoms with Crippen molar-refractivity contribution < 1.29 is 38.0 Å². The molecule has 0 aromatic carbocycles. The molecule has 0 aromatic heterocycles. The van der Waals surface area contributed by atoms with Gasteiger partial charge in [-0.15, -0.1) is 0 Å². The van der Waals surface area contributed by atoms with Gasteiger partial charge in [-0.05, 0) is 91.3 Å². The molecule has 9 atom stereocenters. The van der Waals surface area contributed by atoms with Crippen LogP contribution in [0.1, 0.15) is 112 Å². The molecule has 0 radical (unpaired) electrons. The summed E-state index contributed by atoms with van der Waals surface area (Å²) >= 11 is 0. The van der Waals surface area contributed by atoms with Crippen molar-refractivity contribution >= 4 is 13.8 Å². The molecular formula is C35H64NO7P. The molecule has 0 aromatic rings. The second-order valence-corrected chi connectivity index (χ2v) is 18.0. The summed E-state index contributed by atoms with van der Waals surface area (Å²) in [5, 5.41) is 0. The molecule has 0 aliphatic heterocycles. The number of phosphoric ester groups is 1. The first kappa shape index (κ1) is 37.7. The molecule has 4 rings (SSSR count). The van der Waals surface area contributed by atoms with Gasteiger partial charge in [0.25, 0.3) is 0 Å². The molecule has 2 N–H and O–H groups in total. The first-order chi connectivity index (χ1) is 20.0. The van der Waals surface area contributed by atoms with E-state index in [0.717, 1.165) is 54.8 Å². The highest BCUT2D eigenvalue weighted by molar-refractivity contribution is 7.47. The number of carbonyl (C=O) groups excluding carboxylic acids is 1. The number of hydrogen-bond acceptors (Lipinski definition) is 6. The molecule has 3 saturated carbocycles. The topological polar surface area (TPSA) is 112 Å². The molecule has 256 valence electrons. The third-order valence-corrected chi connectivity index (χ3v) is 13.2.